The lowest BCUT2D eigenvalue weighted by atomic mass is 10.0. The lowest BCUT2D eigenvalue weighted by Gasteiger charge is -2.12. The molecule has 2 rings (SSSR count). The van der Waals surface area contributed by atoms with Crippen LogP contribution in [0.1, 0.15) is 18.4 Å². The molecule has 3 heteroatoms. The second kappa shape index (κ2) is 6.28. The quantitative estimate of drug-likeness (QED) is 0.740. The standard InChI is InChI=1S/C13H20N2S/c1-2-14-7-8-15-9-11-10-16-13-6-4-3-5-12(11)13/h3-6,11,14-15H,2,7-10H2,1H3. The third-order valence-corrected chi connectivity index (χ3v) is 4.17. The smallest absolute Gasteiger partial charge is 0.0108 e. The molecule has 1 aromatic rings. The van der Waals surface area contributed by atoms with Crippen LogP contribution in [0.3, 0.4) is 0 Å². The molecule has 1 aliphatic heterocycles. The zero-order valence-electron chi connectivity index (χ0n) is 9.83. The van der Waals surface area contributed by atoms with Crippen LogP contribution in [0.25, 0.3) is 0 Å². The molecule has 0 amide bonds. The summed E-state index contributed by atoms with van der Waals surface area (Å²) < 4.78 is 0. The molecule has 0 spiro atoms. The molecule has 1 aliphatic rings. The normalized spacial score (nSPS) is 18.7. The highest BCUT2D eigenvalue weighted by Gasteiger charge is 2.21. The third-order valence-electron chi connectivity index (χ3n) is 2.92. The van der Waals surface area contributed by atoms with Crippen molar-refractivity contribution < 1.29 is 0 Å². The second-order valence-electron chi connectivity index (χ2n) is 4.10. The van der Waals surface area contributed by atoms with Crippen LogP contribution >= 0.6 is 11.8 Å². The monoisotopic (exact) mass is 236 g/mol. The topological polar surface area (TPSA) is 24.1 Å². The molecule has 0 aromatic heterocycles. The van der Waals surface area contributed by atoms with Gasteiger partial charge in [0.1, 0.15) is 0 Å². The van der Waals surface area contributed by atoms with Crippen molar-refractivity contribution in [3.05, 3.63) is 29.8 Å². The van der Waals surface area contributed by atoms with Gasteiger partial charge in [0.05, 0.1) is 0 Å². The van der Waals surface area contributed by atoms with Crippen LogP contribution < -0.4 is 10.6 Å². The highest BCUT2D eigenvalue weighted by atomic mass is 32.2. The van der Waals surface area contributed by atoms with E-state index >= 15 is 0 Å². The lowest BCUT2D eigenvalue weighted by Crippen LogP contribution is -2.30. The molecule has 1 aromatic carbocycles. The van der Waals surface area contributed by atoms with Gasteiger partial charge in [-0.15, -0.1) is 11.8 Å². The van der Waals surface area contributed by atoms with E-state index in [0.29, 0.717) is 5.92 Å². The van der Waals surface area contributed by atoms with Crippen molar-refractivity contribution in [1.82, 2.24) is 10.6 Å². The van der Waals surface area contributed by atoms with Crippen molar-refractivity contribution in [3.63, 3.8) is 0 Å². The average Bonchev–Trinajstić information content (AvgIpc) is 2.73. The van der Waals surface area contributed by atoms with E-state index < -0.39 is 0 Å². The Kier molecular flexibility index (Phi) is 4.69. The number of rotatable bonds is 6. The van der Waals surface area contributed by atoms with Crippen LogP contribution in [0.2, 0.25) is 0 Å². The number of benzene rings is 1. The van der Waals surface area contributed by atoms with Gasteiger partial charge in [-0.05, 0) is 18.2 Å². The summed E-state index contributed by atoms with van der Waals surface area (Å²) in [6.45, 7) is 6.44. The predicted octanol–water partition coefficient (Wildman–Crippen LogP) is 2.08. The highest BCUT2D eigenvalue weighted by Crippen LogP contribution is 2.38. The number of fused-ring (bicyclic) bond motifs is 1. The molecular weight excluding hydrogens is 216 g/mol. The van der Waals surface area contributed by atoms with Crippen LogP contribution in [0, 0.1) is 0 Å². The molecular formula is C13H20N2S. The Morgan fingerprint density at radius 2 is 2.06 bits per heavy atom. The Balaban J connectivity index is 1.76. The Bertz CT molecular complexity index is 327. The van der Waals surface area contributed by atoms with E-state index in [1.807, 2.05) is 11.8 Å². The van der Waals surface area contributed by atoms with E-state index in [-0.39, 0.29) is 0 Å². The Labute approximate surface area is 102 Å². The van der Waals surface area contributed by atoms with Gasteiger partial charge in [-0.1, -0.05) is 25.1 Å². The molecule has 1 atom stereocenters. The maximum absolute atomic E-state index is 3.53. The van der Waals surface area contributed by atoms with Gasteiger partial charge >= 0.3 is 0 Å². The minimum Gasteiger partial charge on any atom is -0.316 e. The molecule has 2 N–H and O–H groups in total. The van der Waals surface area contributed by atoms with Crippen molar-refractivity contribution in [3.8, 4) is 0 Å². The largest absolute Gasteiger partial charge is 0.316 e. The maximum Gasteiger partial charge on any atom is 0.0108 e. The predicted molar refractivity (Wildman–Crippen MR) is 71.3 cm³/mol. The van der Waals surface area contributed by atoms with E-state index in [9.17, 15) is 0 Å². The molecule has 1 heterocycles. The molecule has 1 unspecified atom stereocenters. The van der Waals surface area contributed by atoms with Crippen LogP contribution in [0.15, 0.2) is 29.2 Å². The van der Waals surface area contributed by atoms with Gasteiger partial charge in [-0.2, -0.15) is 0 Å². The fourth-order valence-electron chi connectivity index (χ4n) is 2.03. The molecule has 0 aliphatic carbocycles. The Hall–Kier alpha value is -0.510. The van der Waals surface area contributed by atoms with Crippen molar-refractivity contribution in [2.75, 3.05) is 31.9 Å². The Morgan fingerprint density at radius 1 is 1.25 bits per heavy atom. The highest BCUT2D eigenvalue weighted by molar-refractivity contribution is 7.99. The molecule has 2 nitrogen and oxygen atoms in total. The van der Waals surface area contributed by atoms with Crippen LogP contribution in [-0.4, -0.2) is 31.9 Å². The fourth-order valence-corrected chi connectivity index (χ4v) is 3.28. The first kappa shape index (κ1) is 12.0. The SMILES string of the molecule is CCNCCNCC1CSc2ccccc21. The molecule has 0 fully saturated rings. The fraction of sp³-hybridized carbons (Fsp3) is 0.538. The average molecular weight is 236 g/mol. The van der Waals surface area contributed by atoms with Crippen LogP contribution in [-0.2, 0) is 0 Å². The van der Waals surface area contributed by atoms with Gasteiger partial charge in [-0.3, -0.25) is 0 Å². The summed E-state index contributed by atoms with van der Waals surface area (Å²) in [7, 11) is 0. The van der Waals surface area contributed by atoms with Gasteiger partial charge in [0.15, 0.2) is 0 Å². The van der Waals surface area contributed by atoms with E-state index in [0.717, 1.165) is 26.2 Å². The number of hydrogen-bond donors (Lipinski definition) is 2. The van der Waals surface area contributed by atoms with Gasteiger partial charge in [0.2, 0.25) is 0 Å². The maximum atomic E-state index is 3.53. The first-order chi connectivity index (χ1) is 7.92. The van der Waals surface area contributed by atoms with Crippen molar-refractivity contribution >= 4 is 11.8 Å². The van der Waals surface area contributed by atoms with Gasteiger partial charge in [0.25, 0.3) is 0 Å². The number of likely N-dealkylation sites (N-methyl/N-ethyl adjacent to an activating group) is 1. The lowest BCUT2D eigenvalue weighted by molar-refractivity contribution is 0.590. The van der Waals surface area contributed by atoms with Gasteiger partial charge in [0, 0.05) is 36.2 Å². The summed E-state index contributed by atoms with van der Waals surface area (Å²) in [6, 6.07) is 8.79. The zero-order valence-corrected chi connectivity index (χ0v) is 10.6. The van der Waals surface area contributed by atoms with Gasteiger partial charge in [-0.25, -0.2) is 0 Å². The summed E-state index contributed by atoms with van der Waals surface area (Å²) in [4.78, 5) is 1.47. The zero-order chi connectivity index (χ0) is 11.2. The van der Waals surface area contributed by atoms with E-state index in [4.69, 9.17) is 0 Å². The summed E-state index contributed by atoms with van der Waals surface area (Å²) in [6.07, 6.45) is 0. The van der Waals surface area contributed by atoms with Crippen molar-refractivity contribution in [1.29, 1.82) is 0 Å². The molecule has 16 heavy (non-hydrogen) atoms. The van der Waals surface area contributed by atoms with Crippen molar-refractivity contribution in [2.24, 2.45) is 0 Å². The van der Waals surface area contributed by atoms with Crippen LogP contribution in [0.4, 0.5) is 0 Å². The van der Waals surface area contributed by atoms with E-state index in [2.05, 4.69) is 41.8 Å². The molecule has 0 saturated heterocycles. The molecule has 88 valence electrons. The summed E-state index contributed by atoms with van der Waals surface area (Å²) in [5.41, 5.74) is 1.53. The number of nitrogens with one attached hydrogen (secondary N) is 2. The summed E-state index contributed by atoms with van der Waals surface area (Å²) in [5, 5.41) is 6.85. The van der Waals surface area contributed by atoms with E-state index in [1.54, 1.807) is 0 Å². The molecule has 0 saturated carbocycles. The second-order valence-corrected chi connectivity index (χ2v) is 5.17. The first-order valence-corrected chi connectivity index (χ1v) is 7.03. The number of hydrogen-bond acceptors (Lipinski definition) is 3. The molecule has 0 radical (unpaired) electrons. The molecule has 0 bridgehead atoms. The summed E-state index contributed by atoms with van der Waals surface area (Å²) >= 11 is 1.99. The van der Waals surface area contributed by atoms with Gasteiger partial charge < -0.3 is 10.6 Å². The summed E-state index contributed by atoms with van der Waals surface area (Å²) in [5.74, 6) is 1.93. The first-order valence-electron chi connectivity index (χ1n) is 6.05. The Morgan fingerprint density at radius 3 is 2.94 bits per heavy atom. The minimum atomic E-state index is 0.697. The third kappa shape index (κ3) is 3.00. The minimum absolute atomic E-state index is 0.697. The van der Waals surface area contributed by atoms with E-state index in [1.165, 1.54) is 16.2 Å². The van der Waals surface area contributed by atoms with Crippen molar-refractivity contribution in [2.45, 2.75) is 17.7 Å². The van der Waals surface area contributed by atoms with Crippen LogP contribution in [0.5, 0.6) is 0 Å². The number of thioether (sulfide) groups is 1.